The Balaban J connectivity index is 1.86. The lowest BCUT2D eigenvalue weighted by Crippen LogP contribution is -2.37. The van der Waals surface area contributed by atoms with Crippen LogP contribution in [0, 0.1) is 13.8 Å². The second-order valence-corrected chi connectivity index (χ2v) is 7.78. The molecule has 2 aromatic carbocycles. The molecule has 2 aromatic rings. The van der Waals surface area contributed by atoms with Crippen molar-refractivity contribution >= 4 is 40.8 Å². The molecule has 0 bridgehead atoms. The third-order valence-corrected chi connectivity index (χ3v) is 5.48. The van der Waals surface area contributed by atoms with Crippen LogP contribution in [0.3, 0.4) is 0 Å². The monoisotopic (exact) mass is 401 g/mol. The number of hydrogen-bond donors (Lipinski definition) is 0. The molecule has 0 aromatic heterocycles. The summed E-state index contributed by atoms with van der Waals surface area (Å²) in [6.45, 7) is 4.04. The third kappa shape index (κ3) is 3.13. The molecule has 2 heterocycles. The van der Waals surface area contributed by atoms with Crippen LogP contribution in [-0.4, -0.2) is 18.5 Å². The van der Waals surface area contributed by atoms with E-state index in [9.17, 15) is 9.59 Å². The molecule has 4 nitrogen and oxygen atoms in total. The van der Waals surface area contributed by atoms with Gasteiger partial charge in [0.1, 0.15) is 6.61 Å². The van der Waals surface area contributed by atoms with Gasteiger partial charge in [-0.1, -0.05) is 35.3 Å². The van der Waals surface area contributed by atoms with Gasteiger partial charge in [-0.3, -0.25) is 9.69 Å². The van der Waals surface area contributed by atoms with E-state index in [0.717, 1.165) is 16.8 Å². The molecule has 27 heavy (non-hydrogen) atoms. The molecule has 2 aliphatic heterocycles. The third-order valence-electron chi connectivity index (χ3n) is 4.92. The van der Waals surface area contributed by atoms with E-state index in [4.69, 9.17) is 27.9 Å². The molecule has 2 aliphatic rings. The van der Waals surface area contributed by atoms with Crippen molar-refractivity contribution in [2.75, 3.05) is 11.5 Å². The largest absolute Gasteiger partial charge is 0.456 e. The van der Waals surface area contributed by atoms with E-state index < -0.39 is 11.9 Å². The Kier molecular flexibility index (Phi) is 4.49. The fourth-order valence-electron chi connectivity index (χ4n) is 3.88. The van der Waals surface area contributed by atoms with E-state index in [0.29, 0.717) is 26.9 Å². The Morgan fingerprint density at radius 2 is 1.74 bits per heavy atom. The molecule has 0 saturated carbocycles. The number of hydrogen-bond acceptors (Lipinski definition) is 3. The summed E-state index contributed by atoms with van der Waals surface area (Å²) in [6.07, 6.45) is 0.141. The molecule has 0 unspecified atom stereocenters. The summed E-state index contributed by atoms with van der Waals surface area (Å²) in [5.41, 5.74) is 4.65. The Morgan fingerprint density at radius 3 is 2.41 bits per heavy atom. The molecule has 6 heteroatoms. The second-order valence-electron chi connectivity index (χ2n) is 6.93. The quantitative estimate of drug-likeness (QED) is 0.669. The highest BCUT2D eigenvalue weighted by molar-refractivity contribution is 6.35. The Bertz CT molecular complexity index is 992. The zero-order chi connectivity index (χ0) is 19.3. The maximum atomic E-state index is 13.1. The number of benzene rings is 2. The summed E-state index contributed by atoms with van der Waals surface area (Å²) in [5, 5.41) is 0.942. The zero-order valence-electron chi connectivity index (χ0n) is 14.9. The number of ether oxygens (including phenoxy) is 1. The van der Waals surface area contributed by atoms with Crippen LogP contribution < -0.4 is 4.90 Å². The number of cyclic esters (lactones) is 1. The first kappa shape index (κ1) is 18.1. The summed E-state index contributed by atoms with van der Waals surface area (Å²) in [5.74, 6) is -0.926. The van der Waals surface area contributed by atoms with Gasteiger partial charge in [0.15, 0.2) is 0 Å². The van der Waals surface area contributed by atoms with Crippen molar-refractivity contribution in [3.05, 3.63) is 74.4 Å². The first-order valence-corrected chi connectivity index (χ1v) is 9.37. The van der Waals surface area contributed by atoms with Crippen LogP contribution in [0.5, 0.6) is 0 Å². The van der Waals surface area contributed by atoms with Crippen molar-refractivity contribution in [2.24, 2.45) is 0 Å². The number of halogens is 2. The average molecular weight is 402 g/mol. The van der Waals surface area contributed by atoms with Crippen molar-refractivity contribution < 1.29 is 14.3 Å². The van der Waals surface area contributed by atoms with E-state index in [1.54, 1.807) is 23.1 Å². The standard InChI is InChI=1S/C21H17Cl2NO3/c1-11-5-12(2)7-14(6-11)24-18-10-27-21(26)20(18)16(9-19(24)25)15-4-3-13(22)8-17(15)23/h3-8,16H,9-10H2,1-2H3/t16-/m1/s1. The van der Waals surface area contributed by atoms with Crippen LogP contribution in [0.25, 0.3) is 0 Å². The molecule has 0 N–H and O–H groups in total. The number of rotatable bonds is 2. The van der Waals surface area contributed by atoms with Crippen molar-refractivity contribution in [3.63, 3.8) is 0 Å². The van der Waals surface area contributed by atoms with Gasteiger partial charge in [-0.2, -0.15) is 0 Å². The molecule has 0 aliphatic carbocycles. The van der Waals surface area contributed by atoms with Crippen molar-refractivity contribution in [1.82, 2.24) is 0 Å². The highest BCUT2D eigenvalue weighted by atomic mass is 35.5. The molecular weight excluding hydrogens is 385 g/mol. The first-order valence-electron chi connectivity index (χ1n) is 8.61. The van der Waals surface area contributed by atoms with E-state index in [-0.39, 0.29) is 18.9 Å². The SMILES string of the molecule is Cc1cc(C)cc(N2C(=O)C[C@H](c3ccc(Cl)cc3Cl)C3=C2COC3=O)c1. The molecular formula is C21H17Cl2NO3. The Hall–Kier alpha value is -2.30. The lowest BCUT2D eigenvalue weighted by atomic mass is 9.84. The Labute approximate surface area is 167 Å². The van der Waals surface area contributed by atoms with Crippen LogP contribution in [0.15, 0.2) is 47.7 Å². The van der Waals surface area contributed by atoms with E-state index in [1.165, 1.54) is 0 Å². The summed E-state index contributed by atoms with van der Waals surface area (Å²) in [6, 6.07) is 11.0. The predicted octanol–water partition coefficient (Wildman–Crippen LogP) is 4.94. The number of anilines is 1. The number of amides is 1. The van der Waals surface area contributed by atoms with Crippen molar-refractivity contribution in [1.29, 1.82) is 0 Å². The van der Waals surface area contributed by atoms with Gasteiger partial charge < -0.3 is 4.74 Å². The molecule has 0 spiro atoms. The average Bonchev–Trinajstić information content (AvgIpc) is 2.95. The predicted molar refractivity (Wildman–Crippen MR) is 105 cm³/mol. The molecule has 1 amide bonds. The Morgan fingerprint density at radius 1 is 1.04 bits per heavy atom. The van der Waals surface area contributed by atoms with Gasteiger partial charge >= 0.3 is 5.97 Å². The zero-order valence-corrected chi connectivity index (χ0v) is 16.4. The van der Waals surface area contributed by atoms with E-state index in [1.807, 2.05) is 32.0 Å². The van der Waals surface area contributed by atoms with E-state index in [2.05, 4.69) is 0 Å². The number of carbonyl (C=O) groups excluding carboxylic acids is 2. The maximum Gasteiger partial charge on any atom is 0.336 e. The van der Waals surface area contributed by atoms with Gasteiger partial charge in [-0.05, 0) is 54.8 Å². The molecule has 138 valence electrons. The second kappa shape index (κ2) is 6.70. The van der Waals surface area contributed by atoms with Gasteiger partial charge in [0.05, 0.1) is 11.3 Å². The minimum atomic E-state index is -0.436. The normalized spacial score (nSPS) is 19.4. The number of nitrogens with zero attached hydrogens (tertiary/aromatic N) is 1. The van der Waals surface area contributed by atoms with Gasteiger partial charge in [-0.15, -0.1) is 0 Å². The van der Waals surface area contributed by atoms with Crippen LogP contribution in [0.1, 0.15) is 29.0 Å². The van der Waals surface area contributed by atoms with Crippen molar-refractivity contribution in [3.8, 4) is 0 Å². The minimum absolute atomic E-state index is 0.0780. The minimum Gasteiger partial charge on any atom is -0.456 e. The molecule has 1 atom stereocenters. The lowest BCUT2D eigenvalue weighted by Gasteiger charge is -2.32. The smallest absolute Gasteiger partial charge is 0.336 e. The van der Waals surface area contributed by atoms with E-state index >= 15 is 0 Å². The first-order chi connectivity index (χ1) is 12.8. The summed E-state index contributed by atoms with van der Waals surface area (Å²) in [7, 11) is 0. The molecule has 0 radical (unpaired) electrons. The highest BCUT2D eigenvalue weighted by Gasteiger charge is 2.43. The summed E-state index contributed by atoms with van der Waals surface area (Å²) < 4.78 is 5.30. The van der Waals surface area contributed by atoms with Crippen LogP contribution in [0.4, 0.5) is 5.69 Å². The van der Waals surface area contributed by atoms with Gasteiger partial charge in [-0.25, -0.2) is 4.79 Å². The van der Waals surface area contributed by atoms with Crippen molar-refractivity contribution in [2.45, 2.75) is 26.2 Å². The number of aryl methyl sites for hydroxylation is 2. The lowest BCUT2D eigenvalue weighted by molar-refractivity contribution is -0.136. The summed E-state index contributed by atoms with van der Waals surface area (Å²) in [4.78, 5) is 27.2. The van der Waals surface area contributed by atoms with Gasteiger partial charge in [0, 0.05) is 28.1 Å². The summed E-state index contributed by atoms with van der Waals surface area (Å²) >= 11 is 12.4. The van der Waals surface area contributed by atoms with Gasteiger partial charge in [0.2, 0.25) is 5.91 Å². The van der Waals surface area contributed by atoms with Gasteiger partial charge in [0.25, 0.3) is 0 Å². The highest BCUT2D eigenvalue weighted by Crippen LogP contribution is 2.44. The van der Waals surface area contributed by atoms with Crippen LogP contribution in [0.2, 0.25) is 10.0 Å². The molecule has 0 fully saturated rings. The number of esters is 1. The number of carbonyl (C=O) groups is 2. The molecule has 4 rings (SSSR count). The fraction of sp³-hybridized carbons (Fsp3) is 0.238. The maximum absolute atomic E-state index is 13.1. The van der Waals surface area contributed by atoms with Crippen LogP contribution in [-0.2, 0) is 14.3 Å². The fourth-order valence-corrected chi connectivity index (χ4v) is 4.42. The topological polar surface area (TPSA) is 46.6 Å². The van der Waals surface area contributed by atoms with Crippen LogP contribution >= 0.6 is 23.2 Å². The molecule has 0 saturated heterocycles.